The summed E-state index contributed by atoms with van der Waals surface area (Å²) in [6.07, 6.45) is 0. The maximum atomic E-state index is 6.26. The summed E-state index contributed by atoms with van der Waals surface area (Å²) in [6.45, 7) is 3.90. The van der Waals surface area contributed by atoms with Crippen molar-refractivity contribution in [3.8, 4) is 0 Å². The number of halogens is 1. The summed E-state index contributed by atoms with van der Waals surface area (Å²) in [7, 11) is 1.95. The third-order valence-electron chi connectivity index (χ3n) is 2.97. The van der Waals surface area contributed by atoms with E-state index in [2.05, 4.69) is 10.2 Å². The van der Waals surface area contributed by atoms with Crippen LogP contribution in [-0.4, -0.2) is 20.8 Å². The van der Waals surface area contributed by atoms with E-state index in [4.69, 9.17) is 17.3 Å². The van der Waals surface area contributed by atoms with Gasteiger partial charge < -0.3 is 10.3 Å². The molecule has 0 radical (unpaired) electrons. The van der Waals surface area contributed by atoms with Crippen molar-refractivity contribution in [2.45, 2.75) is 30.3 Å². The quantitative estimate of drug-likeness (QED) is 0.881. The first-order valence-corrected chi connectivity index (χ1v) is 7.29. The molecule has 0 aliphatic heterocycles. The highest BCUT2D eigenvalue weighted by Crippen LogP contribution is 2.39. The molecule has 0 spiro atoms. The van der Waals surface area contributed by atoms with Crippen LogP contribution in [0.25, 0.3) is 0 Å². The molecule has 6 heteroatoms. The molecular weight excluding hydrogens is 280 g/mol. The Labute approximate surface area is 122 Å². The number of benzene rings is 1. The highest BCUT2D eigenvalue weighted by Gasteiger charge is 2.22. The van der Waals surface area contributed by atoms with Crippen molar-refractivity contribution in [3.05, 3.63) is 40.7 Å². The van der Waals surface area contributed by atoms with Crippen LogP contribution in [0.3, 0.4) is 0 Å². The number of nitrogens with two attached hydrogens (primary N) is 1. The minimum atomic E-state index is -0.0399. The van der Waals surface area contributed by atoms with Crippen molar-refractivity contribution in [1.82, 2.24) is 14.8 Å². The lowest BCUT2D eigenvalue weighted by Gasteiger charge is -2.21. The van der Waals surface area contributed by atoms with Crippen LogP contribution in [0.1, 0.15) is 23.6 Å². The molecule has 4 nitrogen and oxygen atoms in total. The van der Waals surface area contributed by atoms with Gasteiger partial charge in [0.15, 0.2) is 5.16 Å². The molecule has 0 aliphatic rings. The van der Waals surface area contributed by atoms with Gasteiger partial charge in [-0.2, -0.15) is 0 Å². The molecule has 0 aliphatic carbocycles. The normalized spacial score (nSPS) is 14.4. The summed E-state index contributed by atoms with van der Waals surface area (Å²) in [6, 6.07) is 7.74. The first kappa shape index (κ1) is 14.4. The lowest BCUT2D eigenvalue weighted by molar-refractivity contribution is 0.707. The maximum Gasteiger partial charge on any atom is 0.191 e. The topological polar surface area (TPSA) is 56.7 Å². The number of hydrogen-bond donors (Lipinski definition) is 1. The number of thioether (sulfide) groups is 1. The first-order valence-electron chi connectivity index (χ1n) is 6.03. The van der Waals surface area contributed by atoms with Gasteiger partial charge in [0.05, 0.1) is 5.25 Å². The van der Waals surface area contributed by atoms with E-state index in [0.717, 1.165) is 21.6 Å². The fraction of sp³-hybridized carbons (Fsp3) is 0.385. The van der Waals surface area contributed by atoms with Crippen LogP contribution in [0.4, 0.5) is 0 Å². The largest absolute Gasteiger partial charge is 0.327 e. The van der Waals surface area contributed by atoms with Crippen LogP contribution < -0.4 is 5.73 Å². The molecule has 0 amide bonds. The second-order valence-corrected chi connectivity index (χ2v) is 6.02. The van der Waals surface area contributed by atoms with E-state index >= 15 is 0 Å². The zero-order chi connectivity index (χ0) is 14.0. The summed E-state index contributed by atoms with van der Waals surface area (Å²) >= 11 is 7.85. The van der Waals surface area contributed by atoms with E-state index in [0.29, 0.717) is 0 Å². The van der Waals surface area contributed by atoms with Gasteiger partial charge in [0, 0.05) is 18.1 Å². The lowest BCUT2D eigenvalue weighted by atomic mass is 10.1. The van der Waals surface area contributed by atoms with Crippen LogP contribution in [-0.2, 0) is 7.05 Å². The second kappa shape index (κ2) is 5.94. The third-order valence-corrected chi connectivity index (χ3v) is 4.82. The molecule has 19 heavy (non-hydrogen) atoms. The van der Waals surface area contributed by atoms with Gasteiger partial charge in [0.2, 0.25) is 0 Å². The van der Waals surface area contributed by atoms with Crippen molar-refractivity contribution in [3.63, 3.8) is 0 Å². The number of aromatic nitrogens is 3. The Bertz CT molecular complexity index is 568. The molecule has 2 rings (SSSR count). The number of rotatable bonds is 4. The maximum absolute atomic E-state index is 6.26. The molecule has 1 aromatic carbocycles. The Morgan fingerprint density at radius 2 is 2.00 bits per heavy atom. The molecule has 0 saturated heterocycles. The molecule has 0 bridgehead atoms. The first-order chi connectivity index (χ1) is 9.00. The minimum Gasteiger partial charge on any atom is -0.327 e. The van der Waals surface area contributed by atoms with Gasteiger partial charge in [0.25, 0.3) is 0 Å². The van der Waals surface area contributed by atoms with Gasteiger partial charge >= 0.3 is 0 Å². The summed E-state index contributed by atoms with van der Waals surface area (Å²) < 4.78 is 1.96. The zero-order valence-electron chi connectivity index (χ0n) is 11.2. The molecule has 2 aromatic rings. The molecule has 102 valence electrons. The van der Waals surface area contributed by atoms with Gasteiger partial charge in [0.1, 0.15) is 5.82 Å². The van der Waals surface area contributed by atoms with Crippen molar-refractivity contribution < 1.29 is 0 Å². The SMILES string of the molecule is Cc1nnc(SC(c2ccccc2Cl)C(C)N)n1C. The van der Waals surface area contributed by atoms with Gasteiger partial charge in [-0.3, -0.25) is 0 Å². The molecule has 1 aromatic heterocycles. The summed E-state index contributed by atoms with van der Waals surface area (Å²) in [5.41, 5.74) is 7.14. The lowest BCUT2D eigenvalue weighted by Crippen LogP contribution is -2.23. The van der Waals surface area contributed by atoms with E-state index in [1.165, 1.54) is 0 Å². The zero-order valence-corrected chi connectivity index (χ0v) is 12.7. The van der Waals surface area contributed by atoms with E-state index < -0.39 is 0 Å². The highest BCUT2D eigenvalue weighted by molar-refractivity contribution is 7.99. The number of aryl methyl sites for hydroxylation is 1. The van der Waals surface area contributed by atoms with E-state index in [1.54, 1.807) is 11.8 Å². The van der Waals surface area contributed by atoms with Gasteiger partial charge in [-0.05, 0) is 25.5 Å². The van der Waals surface area contributed by atoms with Crippen LogP contribution in [0.2, 0.25) is 5.02 Å². The highest BCUT2D eigenvalue weighted by atomic mass is 35.5. The van der Waals surface area contributed by atoms with Crippen LogP contribution in [0, 0.1) is 6.92 Å². The standard InChI is InChI=1S/C13H17ClN4S/c1-8(15)12(10-6-4-5-7-11(10)14)19-13-17-16-9(2)18(13)3/h4-8,12H,15H2,1-3H3. The van der Waals surface area contributed by atoms with Crippen LogP contribution >= 0.6 is 23.4 Å². The van der Waals surface area contributed by atoms with Crippen molar-refractivity contribution in [1.29, 1.82) is 0 Å². The fourth-order valence-corrected chi connectivity index (χ4v) is 3.23. The van der Waals surface area contributed by atoms with E-state index in [-0.39, 0.29) is 11.3 Å². The van der Waals surface area contributed by atoms with Gasteiger partial charge in [-0.1, -0.05) is 41.6 Å². The molecule has 2 N–H and O–H groups in total. The predicted octanol–water partition coefficient (Wildman–Crippen LogP) is 2.96. The smallest absolute Gasteiger partial charge is 0.191 e. The van der Waals surface area contributed by atoms with Crippen molar-refractivity contribution in [2.24, 2.45) is 12.8 Å². The molecule has 0 fully saturated rings. The Morgan fingerprint density at radius 1 is 1.32 bits per heavy atom. The second-order valence-electron chi connectivity index (χ2n) is 4.51. The molecule has 2 unspecified atom stereocenters. The summed E-state index contributed by atoms with van der Waals surface area (Å²) in [5.74, 6) is 0.880. The van der Waals surface area contributed by atoms with E-state index in [1.807, 2.05) is 49.7 Å². The van der Waals surface area contributed by atoms with Gasteiger partial charge in [-0.25, -0.2) is 0 Å². The average molecular weight is 297 g/mol. The van der Waals surface area contributed by atoms with E-state index in [9.17, 15) is 0 Å². The molecule has 1 heterocycles. The Morgan fingerprint density at radius 3 is 2.53 bits per heavy atom. The average Bonchev–Trinajstić information content (AvgIpc) is 2.68. The predicted molar refractivity (Wildman–Crippen MR) is 79.4 cm³/mol. The third kappa shape index (κ3) is 3.11. The monoisotopic (exact) mass is 296 g/mol. The minimum absolute atomic E-state index is 0.0399. The van der Waals surface area contributed by atoms with Crippen molar-refractivity contribution >= 4 is 23.4 Å². The Hall–Kier alpha value is -1.04. The van der Waals surface area contributed by atoms with Crippen LogP contribution in [0.15, 0.2) is 29.4 Å². The Kier molecular flexibility index (Phi) is 4.50. The molecular formula is C13H17ClN4S. The molecule has 0 saturated carbocycles. The number of hydrogen-bond acceptors (Lipinski definition) is 4. The summed E-state index contributed by atoms with van der Waals surface area (Å²) in [4.78, 5) is 0. The summed E-state index contributed by atoms with van der Waals surface area (Å²) in [5, 5.41) is 9.86. The Balaban J connectivity index is 2.32. The molecule has 2 atom stereocenters. The van der Waals surface area contributed by atoms with Gasteiger partial charge in [-0.15, -0.1) is 10.2 Å². The van der Waals surface area contributed by atoms with Crippen LogP contribution in [0.5, 0.6) is 0 Å². The fourth-order valence-electron chi connectivity index (χ4n) is 1.76. The number of nitrogens with zero attached hydrogens (tertiary/aromatic N) is 3. The van der Waals surface area contributed by atoms with Crippen molar-refractivity contribution in [2.75, 3.05) is 0 Å².